The molecule has 0 aromatic heterocycles. The molecule has 2 saturated heterocycles. The van der Waals surface area contributed by atoms with Crippen LogP contribution in [0.1, 0.15) is 24.8 Å². The summed E-state index contributed by atoms with van der Waals surface area (Å²) >= 11 is 0. The maximum atomic E-state index is 13.8. The fourth-order valence-electron chi connectivity index (χ4n) is 4.61. The number of hydrogen-bond donors (Lipinski definition) is 1. The molecule has 3 fully saturated rings. The van der Waals surface area contributed by atoms with Crippen LogP contribution in [0.4, 0.5) is 0 Å². The normalized spacial score (nSPS) is 26.0. The summed E-state index contributed by atoms with van der Waals surface area (Å²) in [5.74, 6) is -0.688. The predicted molar refractivity (Wildman–Crippen MR) is 109 cm³/mol. The van der Waals surface area contributed by atoms with Crippen LogP contribution in [0, 0.1) is 0 Å². The minimum atomic E-state index is -0.696. The SMILES string of the molecule is COC(=O)[C@@H]1C[C@@H](OC)CN1C(=O)[C@H](Cc1ccccc1)N1CCNC2(CC2)C1=O. The molecular weight excluding hydrogens is 386 g/mol. The summed E-state index contributed by atoms with van der Waals surface area (Å²) in [4.78, 5) is 42.6. The lowest BCUT2D eigenvalue weighted by Gasteiger charge is -2.40. The minimum Gasteiger partial charge on any atom is -0.467 e. The quantitative estimate of drug-likeness (QED) is 0.675. The number of nitrogens with zero attached hydrogens (tertiary/aromatic N) is 2. The highest BCUT2D eigenvalue weighted by Crippen LogP contribution is 2.39. The molecule has 30 heavy (non-hydrogen) atoms. The molecular formula is C22H29N3O5. The maximum Gasteiger partial charge on any atom is 0.328 e. The van der Waals surface area contributed by atoms with Gasteiger partial charge >= 0.3 is 5.97 Å². The van der Waals surface area contributed by atoms with Gasteiger partial charge in [0.25, 0.3) is 0 Å². The fraction of sp³-hybridized carbons (Fsp3) is 0.591. The molecule has 1 aromatic carbocycles. The zero-order chi connectivity index (χ0) is 21.3. The first kappa shape index (κ1) is 20.8. The molecule has 4 rings (SSSR count). The highest BCUT2D eigenvalue weighted by molar-refractivity contribution is 5.96. The van der Waals surface area contributed by atoms with Crippen molar-refractivity contribution in [1.29, 1.82) is 0 Å². The third-order valence-electron chi connectivity index (χ3n) is 6.52. The van der Waals surface area contributed by atoms with Gasteiger partial charge in [0.1, 0.15) is 12.1 Å². The van der Waals surface area contributed by atoms with E-state index in [-0.39, 0.29) is 17.9 Å². The van der Waals surface area contributed by atoms with Crippen molar-refractivity contribution in [3.05, 3.63) is 35.9 Å². The Balaban J connectivity index is 1.63. The summed E-state index contributed by atoms with van der Waals surface area (Å²) in [6, 6.07) is 8.33. The summed E-state index contributed by atoms with van der Waals surface area (Å²) in [6.45, 7) is 1.44. The fourth-order valence-corrected chi connectivity index (χ4v) is 4.61. The van der Waals surface area contributed by atoms with Crippen molar-refractivity contribution >= 4 is 17.8 Å². The molecule has 1 spiro atoms. The molecule has 1 saturated carbocycles. The van der Waals surface area contributed by atoms with E-state index >= 15 is 0 Å². The number of carbonyl (C=O) groups excluding carboxylic acids is 3. The van der Waals surface area contributed by atoms with Gasteiger partial charge in [0.2, 0.25) is 11.8 Å². The molecule has 8 nitrogen and oxygen atoms in total. The van der Waals surface area contributed by atoms with Crippen molar-refractivity contribution in [3.63, 3.8) is 0 Å². The Labute approximate surface area is 176 Å². The van der Waals surface area contributed by atoms with Crippen LogP contribution in [0.5, 0.6) is 0 Å². The Morgan fingerprint density at radius 2 is 1.97 bits per heavy atom. The van der Waals surface area contributed by atoms with Gasteiger partial charge in [0.05, 0.1) is 18.8 Å². The van der Waals surface area contributed by atoms with Crippen molar-refractivity contribution in [2.75, 3.05) is 33.9 Å². The molecule has 2 aliphatic heterocycles. The number of rotatable bonds is 6. The van der Waals surface area contributed by atoms with Crippen LogP contribution < -0.4 is 5.32 Å². The molecule has 0 unspecified atom stereocenters. The van der Waals surface area contributed by atoms with E-state index in [1.54, 1.807) is 16.9 Å². The third kappa shape index (κ3) is 3.81. The lowest BCUT2D eigenvalue weighted by Crippen LogP contribution is -2.63. The van der Waals surface area contributed by atoms with E-state index in [0.29, 0.717) is 32.5 Å². The number of piperazine rings is 1. The summed E-state index contributed by atoms with van der Waals surface area (Å²) in [6.07, 6.45) is 2.17. The van der Waals surface area contributed by atoms with Gasteiger partial charge in [-0.3, -0.25) is 9.59 Å². The second-order valence-electron chi connectivity index (χ2n) is 8.34. The van der Waals surface area contributed by atoms with Crippen molar-refractivity contribution in [3.8, 4) is 0 Å². The Morgan fingerprint density at radius 3 is 2.60 bits per heavy atom. The summed E-state index contributed by atoms with van der Waals surface area (Å²) < 4.78 is 10.4. The van der Waals surface area contributed by atoms with Gasteiger partial charge in [0, 0.05) is 39.6 Å². The average Bonchev–Trinajstić information content (AvgIpc) is 3.42. The number of amides is 2. The lowest BCUT2D eigenvalue weighted by atomic mass is 10.00. The van der Waals surface area contributed by atoms with Gasteiger partial charge in [0.15, 0.2) is 0 Å². The van der Waals surface area contributed by atoms with Crippen LogP contribution >= 0.6 is 0 Å². The largest absolute Gasteiger partial charge is 0.467 e. The number of esters is 1. The number of hydrogen-bond acceptors (Lipinski definition) is 6. The van der Waals surface area contributed by atoms with Crippen LogP contribution in [0.3, 0.4) is 0 Å². The number of benzene rings is 1. The zero-order valence-corrected chi connectivity index (χ0v) is 17.5. The number of carbonyl (C=O) groups is 3. The van der Waals surface area contributed by atoms with Crippen LogP contribution in [0.2, 0.25) is 0 Å². The second-order valence-corrected chi connectivity index (χ2v) is 8.34. The molecule has 0 radical (unpaired) electrons. The van der Waals surface area contributed by atoms with Crippen LogP contribution in [-0.2, 0) is 30.3 Å². The Kier molecular flexibility index (Phi) is 5.79. The van der Waals surface area contributed by atoms with E-state index in [2.05, 4.69) is 5.32 Å². The number of ether oxygens (including phenoxy) is 2. The zero-order valence-electron chi connectivity index (χ0n) is 17.5. The highest BCUT2D eigenvalue weighted by atomic mass is 16.5. The monoisotopic (exact) mass is 415 g/mol. The molecule has 0 bridgehead atoms. The van der Waals surface area contributed by atoms with Crippen molar-refractivity contribution in [2.45, 2.75) is 49.4 Å². The first-order valence-corrected chi connectivity index (χ1v) is 10.5. The van der Waals surface area contributed by atoms with E-state index in [0.717, 1.165) is 18.4 Å². The standard InChI is InChI=1S/C22H29N3O5/c1-29-16-13-18(20(27)30-2)25(14-16)19(26)17(12-15-6-4-3-5-7-15)24-11-10-23-22(8-9-22)21(24)28/h3-7,16-18,23H,8-14H2,1-2H3/t16-,17+,18+/m1/s1. The summed E-state index contributed by atoms with van der Waals surface area (Å²) in [5.41, 5.74) is 0.471. The van der Waals surface area contributed by atoms with Crippen LogP contribution in [-0.4, -0.2) is 85.2 Å². The highest BCUT2D eigenvalue weighted by Gasteiger charge is 2.55. The first-order chi connectivity index (χ1) is 14.5. The van der Waals surface area contributed by atoms with E-state index in [1.807, 2.05) is 30.3 Å². The van der Waals surface area contributed by atoms with Gasteiger partial charge in [-0.15, -0.1) is 0 Å². The predicted octanol–water partition coefficient (Wildman–Crippen LogP) is 0.351. The van der Waals surface area contributed by atoms with Crippen molar-refractivity contribution < 1.29 is 23.9 Å². The Morgan fingerprint density at radius 1 is 1.23 bits per heavy atom. The van der Waals surface area contributed by atoms with Gasteiger partial charge in [-0.25, -0.2) is 4.79 Å². The van der Waals surface area contributed by atoms with Gasteiger partial charge in [-0.05, 0) is 18.4 Å². The summed E-state index contributed by atoms with van der Waals surface area (Å²) in [7, 11) is 2.90. The summed E-state index contributed by atoms with van der Waals surface area (Å²) in [5, 5.41) is 3.32. The number of methoxy groups -OCH3 is 2. The van der Waals surface area contributed by atoms with Crippen molar-refractivity contribution in [1.82, 2.24) is 15.1 Å². The topological polar surface area (TPSA) is 88.2 Å². The van der Waals surface area contributed by atoms with E-state index < -0.39 is 23.6 Å². The molecule has 3 atom stereocenters. The lowest BCUT2D eigenvalue weighted by molar-refractivity contribution is -0.155. The second kappa shape index (κ2) is 8.35. The smallest absolute Gasteiger partial charge is 0.328 e. The Bertz CT molecular complexity index is 810. The van der Waals surface area contributed by atoms with Crippen LogP contribution in [0.25, 0.3) is 0 Å². The molecule has 8 heteroatoms. The number of likely N-dealkylation sites (tertiary alicyclic amines) is 1. The maximum absolute atomic E-state index is 13.8. The molecule has 2 heterocycles. The molecule has 3 aliphatic rings. The first-order valence-electron chi connectivity index (χ1n) is 10.5. The minimum absolute atomic E-state index is 0.0138. The van der Waals surface area contributed by atoms with Gasteiger partial charge in [-0.1, -0.05) is 30.3 Å². The molecule has 162 valence electrons. The van der Waals surface area contributed by atoms with Gasteiger partial charge in [-0.2, -0.15) is 0 Å². The molecule has 2 amide bonds. The van der Waals surface area contributed by atoms with E-state index in [4.69, 9.17) is 9.47 Å². The van der Waals surface area contributed by atoms with E-state index in [1.165, 1.54) is 7.11 Å². The molecule has 1 N–H and O–H groups in total. The van der Waals surface area contributed by atoms with Crippen LogP contribution in [0.15, 0.2) is 30.3 Å². The third-order valence-corrected chi connectivity index (χ3v) is 6.52. The average molecular weight is 415 g/mol. The molecule has 1 aromatic rings. The van der Waals surface area contributed by atoms with E-state index in [9.17, 15) is 14.4 Å². The Hall–Kier alpha value is -2.45. The number of nitrogens with one attached hydrogen (secondary N) is 1. The van der Waals surface area contributed by atoms with Crippen molar-refractivity contribution in [2.24, 2.45) is 0 Å². The molecule has 1 aliphatic carbocycles. The van der Waals surface area contributed by atoms with Gasteiger partial charge < -0.3 is 24.6 Å².